The number of nitrogens with zero attached hydrogens (tertiary/aromatic N) is 1. The van der Waals surface area contributed by atoms with E-state index < -0.39 is 6.04 Å². The van der Waals surface area contributed by atoms with Crippen molar-refractivity contribution in [2.24, 2.45) is 0 Å². The molecule has 1 fully saturated rings. The number of imide groups is 1. The summed E-state index contributed by atoms with van der Waals surface area (Å²) in [6.07, 6.45) is 0.694. The molecular weight excluding hydrogens is 371 g/mol. The van der Waals surface area contributed by atoms with Crippen LogP contribution in [0.2, 0.25) is 0 Å². The topological polar surface area (TPSA) is 66.5 Å². The summed E-state index contributed by atoms with van der Waals surface area (Å²) in [6, 6.07) is 5.26. The second kappa shape index (κ2) is 5.16. The van der Waals surface area contributed by atoms with Crippen LogP contribution in [0.25, 0.3) is 0 Å². The Morgan fingerprint density at radius 2 is 2.10 bits per heavy atom. The zero-order valence-corrected chi connectivity index (χ0v) is 12.8. The van der Waals surface area contributed by atoms with Gasteiger partial charge in [-0.05, 0) is 23.6 Å². The van der Waals surface area contributed by atoms with Gasteiger partial charge in [0.05, 0.1) is 0 Å². The number of alkyl halides is 1. The van der Waals surface area contributed by atoms with E-state index in [4.69, 9.17) is 0 Å². The molecule has 2 aliphatic heterocycles. The molecule has 2 aliphatic rings. The summed E-state index contributed by atoms with van der Waals surface area (Å²) in [5.41, 5.74) is 2.81. The van der Waals surface area contributed by atoms with E-state index in [2.05, 4.69) is 27.9 Å². The fourth-order valence-corrected chi connectivity index (χ4v) is 3.19. The average Bonchev–Trinajstić information content (AvgIpc) is 2.75. The van der Waals surface area contributed by atoms with E-state index in [0.717, 1.165) is 9.99 Å². The minimum Gasteiger partial charge on any atom is -0.322 e. The number of hydrogen-bond donors (Lipinski definition) is 1. The Bertz CT molecular complexity index is 614. The summed E-state index contributed by atoms with van der Waals surface area (Å²) in [4.78, 5) is 37.0. The Morgan fingerprint density at radius 3 is 2.80 bits per heavy atom. The molecule has 0 saturated carbocycles. The average molecular weight is 384 g/mol. The summed E-state index contributed by atoms with van der Waals surface area (Å²) in [7, 11) is 0. The molecule has 5 nitrogen and oxygen atoms in total. The second-order valence-electron chi connectivity index (χ2n) is 5.03. The predicted octanol–water partition coefficient (Wildman–Crippen LogP) is 1.38. The number of carbonyl (C=O) groups excluding carboxylic acids is 3. The first-order valence-electron chi connectivity index (χ1n) is 6.42. The molecule has 20 heavy (non-hydrogen) atoms. The first-order chi connectivity index (χ1) is 9.60. The summed E-state index contributed by atoms with van der Waals surface area (Å²) < 4.78 is 0.887. The van der Waals surface area contributed by atoms with Gasteiger partial charge in [-0.15, -0.1) is 0 Å². The number of amides is 3. The van der Waals surface area contributed by atoms with Gasteiger partial charge in [0.2, 0.25) is 11.8 Å². The quantitative estimate of drug-likeness (QED) is 0.476. The van der Waals surface area contributed by atoms with E-state index in [1.165, 1.54) is 5.56 Å². The lowest BCUT2D eigenvalue weighted by Crippen LogP contribution is -2.52. The van der Waals surface area contributed by atoms with Crippen LogP contribution in [0.15, 0.2) is 18.2 Å². The van der Waals surface area contributed by atoms with Crippen molar-refractivity contribution in [1.29, 1.82) is 0 Å². The highest BCUT2D eigenvalue weighted by molar-refractivity contribution is 14.1. The number of piperidine rings is 1. The van der Waals surface area contributed by atoms with E-state index in [-0.39, 0.29) is 24.1 Å². The van der Waals surface area contributed by atoms with E-state index >= 15 is 0 Å². The number of rotatable bonds is 2. The SMILES string of the molecule is O=C1CCC(N2Cc3cc(CI)ccc3C2=O)C(=O)N1. The third kappa shape index (κ3) is 2.21. The molecular formula is C14H13IN2O3. The molecule has 0 aliphatic carbocycles. The lowest BCUT2D eigenvalue weighted by molar-refractivity contribution is -0.136. The third-order valence-corrected chi connectivity index (χ3v) is 4.62. The molecule has 1 aromatic rings. The van der Waals surface area contributed by atoms with Gasteiger partial charge in [0.1, 0.15) is 6.04 Å². The van der Waals surface area contributed by atoms with Gasteiger partial charge >= 0.3 is 0 Å². The predicted molar refractivity (Wildman–Crippen MR) is 80.2 cm³/mol. The van der Waals surface area contributed by atoms with Crippen molar-refractivity contribution in [2.75, 3.05) is 0 Å². The fourth-order valence-electron chi connectivity index (χ4n) is 2.71. The Labute approximate surface area is 129 Å². The summed E-state index contributed by atoms with van der Waals surface area (Å²) in [5.74, 6) is -0.742. The van der Waals surface area contributed by atoms with Gasteiger partial charge in [-0.2, -0.15) is 0 Å². The Morgan fingerprint density at radius 1 is 1.30 bits per heavy atom. The molecule has 104 valence electrons. The molecule has 1 aromatic carbocycles. The zero-order valence-electron chi connectivity index (χ0n) is 10.7. The Balaban J connectivity index is 1.86. The van der Waals surface area contributed by atoms with Crippen LogP contribution in [0, 0.1) is 0 Å². The van der Waals surface area contributed by atoms with Crippen LogP contribution in [0.5, 0.6) is 0 Å². The van der Waals surface area contributed by atoms with Crippen molar-refractivity contribution in [3.05, 3.63) is 34.9 Å². The van der Waals surface area contributed by atoms with Gasteiger partial charge < -0.3 is 4.90 Å². The summed E-state index contributed by atoms with van der Waals surface area (Å²) >= 11 is 2.28. The zero-order chi connectivity index (χ0) is 14.3. The number of halogens is 1. The molecule has 1 atom stereocenters. The number of carbonyl (C=O) groups is 3. The monoisotopic (exact) mass is 384 g/mol. The molecule has 3 amide bonds. The van der Waals surface area contributed by atoms with Crippen molar-refractivity contribution in [1.82, 2.24) is 10.2 Å². The largest absolute Gasteiger partial charge is 0.322 e. The van der Waals surface area contributed by atoms with Crippen molar-refractivity contribution in [2.45, 2.75) is 29.9 Å². The molecule has 0 aromatic heterocycles. The molecule has 1 N–H and O–H groups in total. The molecule has 6 heteroatoms. The van der Waals surface area contributed by atoms with Crippen LogP contribution in [-0.2, 0) is 20.6 Å². The van der Waals surface area contributed by atoms with Crippen LogP contribution in [0.1, 0.15) is 34.3 Å². The summed E-state index contributed by atoms with van der Waals surface area (Å²) in [5, 5.41) is 2.30. The van der Waals surface area contributed by atoms with Gasteiger partial charge in [-0.1, -0.05) is 34.7 Å². The normalized spacial score (nSPS) is 21.9. The minimum absolute atomic E-state index is 0.116. The van der Waals surface area contributed by atoms with Gasteiger partial charge in [-0.25, -0.2) is 0 Å². The van der Waals surface area contributed by atoms with Crippen LogP contribution in [0.4, 0.5) is 0 Å². The number of hydrogen-bond acceptors (Lipinski definition) is 3. The van der Waals surface area contributed by atoms with E-state index in [1.807, 2.05) is 18.2 Å². The number of fused-ring (bicyclic) bond motifs is 1. The highest BCUT2D eigenvalue weighted by atomic mass is 127. The first kappa shape index (κ1) is 13.5. The van der Waals surface area contributed by atoms with Crippen LogP contribution in [0.3, 0.4) is 0 Å². The molecule has 0 spiro atoms. The van der Waals surface area contributed by atoms with Crippen LogP contribution < -0.4 is 5.32 Å². The van der Waals surface area contributed by atoms with Gasteiger partial charge in [-0.3, -0.25) is 19.7 Å². The Hall–Kier alpha value is -1.44. The molecule has 1 saturated heterocycles. The van der Waals surface area contributed by atoms with Crippen molar-refractivity contribution >= 4 is 40.3 Å². The maximum Gasteiger partial charge on any atom is 0.255 e. The van der Waals surface area contributed by atoms with Crippen molar-refractivity contribution in [3.63, 3.8) is 0 Å². The van der Waals surface area contributed by atoms with E-state index in [9.17, 15) is 14.4 Å². The van der Waals surface area contributed by atoms with Crippen LogP contribution >= 0.6 is 22.6 Å². The smallest absolute Gasteiger partial charge is 0.255 e. The molecule has 3 rings (SSSR count). The second-order valence-corrected chi connectivity index (χ2v) is 5.79. The number of nitrogens with one attached hydrogen (secondary N) is 1. The van der Waals surface area contributed by atoms with Gasteiger partial charge in [0.15, 0.2) is 0 Å². The highest BCUT2D eigenvalue weighted by Gasteiger charge is 2.38. The maximum absolute atomic E-state index is 12.4. The lowest BCUT2D eigenvalue weighted by Gasteiger charge is -2.29. The lowest BCUT2D eigenvalue weighted by atomic mass is 10.0. The molecule has 0 radical (unpaired) electrons. The molecule has 0 bridgehead atoms. The third-order valence-electron chi connectivity index (χ3n) is 3.74. The van der Waals surface area contributed by atoms with E-state index in [0.29, 0.717) is 18.5 Å². The van der Waals surface area contributed by atoms with Gasteiger partial charge in [0, 0.05) is 23.0 Å². The molecule has 2 heterocycles. The minimum atomic E-state index is -0.532. The summed E-state index contributed by atoms with van der Waals surface area (Å²) in [6.45, 7) is 0.449. The van der Waals surface area contributed by atoms with Gasteiger partial charge in [0.25, 0.3) is 5.91 Å². The highest BCUT2D eigenvalue weighted by Crippen LogP contribution is 2.28. The Kier molecular flexibility index (Phi) is 3.49. The first-order valence-corrected chi connectivity index (χ1v) is 7.95. The fraction of sp³-hybridized carbons (Fsp3) is 0.357. The van der Waals surface area contributed by atoms with E-state index in [1.54, 1.807) is 4.90 Å². The van der Waals surface area contributed by atoms with Crippen LogP contribution in [-0.4, -0.2) is 28.7 Å². The van der Waals surface area contributed by atoms with Crippen molar-refractivity contribution in [3.8, 4) is 0 Å². The maximum atomic E-state index is 12.4. The van der Waals surface area contributed by atoms with Crippen molar-refractivity contribution < 1.29 is 14.4 Å². The molecule has 1 unspecified atom stereocenters. The number of benzene rings is 1. The standard InChI is InChI=1S/C14H13IN2O3/c15-6-8-1-2-10-9(5-8)7-17(14(10)20)11-3-4-12(18)16-13(11)19/h1-2,5,11H,3-4,6-7H2,(H,16,18,19).